The number of amides is 1. The first-order valence-electron chi connectivity index (χ1n) is 7.41. The maximum Gasteiger partial charge on any atom is 0.339 e. The van der Waals surface area contributed by atoms with E-state index in [2.05, 4.69) is 0 Å². The van der Waals surface area contributed by atoms with E-state index in [9.17, 15) is 17.6 Å². The molecule has 0 saturated carbocycles. The first-order chi connectivity index (χ1) is 11.3. The first-order valence-corrected chi connectivity index (χ1v) is 8.82. The van der Waals surface area contributed by atoms with E-state index in [1.807, 2.05) is 6.92 Å². The molecule has 0 aliphatic carbocycles. The van der Waals surface area contributed by atoms with Gasteiger partial charge in [-0.3, -0.25) is 4.79 Å². The second kappa shape index (κ2) is 5.90. The number of fused-ring (bicyclic) bond motifs is 1. The zero-order valence-corrected chi connectivity index (χ0v) is 14.0. The van der Waals surface area contributed by atoms with Crippen molar-refractivity contribution in [3.63, 3.8) is 0 Å². The molecule has 126 valence electrons. The molecule has 1 atom stereocenters. The van der Waals surface area contributed by atoms with Gasteiger partial charge in [0.05, 0.1) is 0 Å². The third kappa shape index (κ3) is 2.87. The highest BCUT2D eigenvalue weighted by Crippen LogP contribution is 2.34. The van der Waals surface area contributed by atoms with Crippen molar-refractivity contribution in [2.75, 3.05) is 4.90 Å². The van der Waals surface area contributed by atoms with Crippen LogP contribution in [0.25, 0.3) is 0 Å². The number of para-hydroxylation sites is 1. The van der Waals surface area contributed by atoms with Crippen LogP contribution in [0.4, 0.5) is 10.1 Å². The third-order valence-corrected chi connectivity index (χ3v) is 5.16. The van der Waals surface area contributed by atoms with Gasteiger partial charge in [-0.1, -0.05) is 12.1 Å². The van der Waals surface area contributed by atoms with Crippen molar-refractivity contribution in [2.24, 2.45) is 0 Å². The van der Waals surface area contributed by atoms with Crippen molar-refractivity contribution in [3.8, 4) is 5.75 Å². The van der Waals surface area contributed by atoms with Gasteiger partial charge in [0, 0.05) is 18.7 Å². The van der Waals surface area contributed by atoms with Gasteiger partial charge in [0.2, 0.25) is 5.91 Å². The second-order valence-corrected chi connectivity index (χ2v) is 7.25. The maximum absolute atomic E-state index is 13.6. The summed E-state index contributed by atoms with van der Waals surface area (Å²) in [5.74, 6) is -1.20. The molecule has 2 aromatic rings. The molecule has 2 aromatic carbocycles. The Morgan fingerprint density at radius 3 is 2.62 bits per heavy atom. The Morgan fingerprint density at radius 2 is 1.96 bits per heavy atom. The zero-order chi connectivity index (χ0) is 17.5. The summed E-state index contributed by atoms with van der Waals surface area (Å²) in [5.41, 5.74) is 1.44. The molecule has 1 aliphatic heterocycles. The topological polar surface area (TPSA) is 63.7 Å². The predicted molar refractivity (Wildman–Crippen MR) is 87.0 cm³/mol. The van der Waals surface area contributed by atoms with Crippen LogP contribution in [0.15, 0.2) is 47.4 Å². The Labute approximate surface area is 139 Å². The fourth-order valence-electron chi connectivity index (χ4n) is 2.92. The lowest BCUT2D eigenvalue weighted by molar-refractivity contribution is -0.116. The lowest BCUT2D eigenvalue weighted by Gasteiger charge is -2.20. The number of hydrogen-bond donors (Lipinski definition) is 0. The number of hydrogen-bond acceptors (Lipinski definition) is 4. The molecule has 0 bridgehead atoms. The number of anilines is 1. The van der Waals surface area contributed by atoms with E-state index in [0.717, 1.165) is 11.6 Å². The second-order valence-electron chi connectivity index (χ2n) is 5.70. The van der Waals surface area contributed by atoms with Crippen LogP contribution < -0.4 is 9.08 Å². The normalized spacial score (nSPS) is 16.8. The molecule has 1 unspecified atom stereocenters. The molecular weight excluding hydrogens is 333 g/mol. The minimum Gasteiger partial charge on any atom is -0.376 e. The molecule has 0 spiro atoms. The summed E-state index contributed by atoms with van der Waals surface area (Å²) in [6.07, 6.45) is 0.554. The van der Waals surface area contributed by atoms with Crippen LogP contribution in [0.3, 0.4) is 0 Å². The van der Waals surface area contributed by atoms with Crippen LogP contribution in [-0.2, 0) is 21.3 Å². The van der Waals surface area contributed by atoms with E-state index >= 15 is 0 Å². The van der Waals surface area contributed by atoms with Crippen LogP contribution in [-0.4, -0.2) is 20.4 Å². The molecule has 1 heterocycles. The summed E-state index contributed by atoms with van der Waals surface area (Å²) in [7, 11) is -4.16. The van der Waals surface area contributed by atoms with Crippen molar-refractivity contribution >= 4 is 21.7 Å². The number of rotatable bonds is 3. The number of halogens is 1. The Balaban J connectivity index is 1.95. The monoisotopic (exact) mass is 349 g/mol. The lowest BCUT2D eigenvalue weighted by atomic mass is 10.1. The van der Waals surface area contributed by atoms with E-state index < -0.39 is 15.9 Å². The highest BCUT2D eigenvalue weighted by Gasteiger charge is 2.30. The molecule has 0 N–H and O–H groups in total. The maximum atomic E-state index is 13.6. The summed E-state index contributed by atoms with van der Waals surface area (Å²) in [4.78, 5) is 13.3. The molecule has 0 saturated heterocycles. The predicted octanol–water partition coefficient (Wildman–Crippen LogP) is 2.89. The van der Waals surface area contributed by atoms with Crippen molar-refractivity contribution < 1.29 is 21.8 Å². The van der Waals surface area contributed by atoms with Crippen LogP contribution in [0, 0.1) is 5.82 Å². The van der Waals surface area contributed by atoms with Crippen molar-refractivity contribution in [1.82, 2.24) is 0 Å². The largest absolute Gasteiger partial charge is 0.376 e. The minimum absolute atomic E-state index is 0.0389. The Morgan fingerprint density at radius 1 is 1.25 bits per heavy atom. The standard InChI is InChI=1S/C17H16FNO4S/c1-11-9-13-10-14(7-8-16(13)19(11)12(2)20)24(21,22)23-17-6-4-3-5-15(17)18/h3-8,10-11H,9H2,1-2H3. The molecule has 7 heteroatoms. The Bertz CT molecular complexity index is 911. The average molecular weight is 349 g/mol. The fraction of sp³-hybridized carbons (Fsp3) is 0.235. The van der Waals surface area contributed by atoms with Gasteiger partial charge < -0.3 is 9.08 Å². The molecule has 1 aliphatic rings. The van der Waals surface area contributed by atoms with E-state index in [1.54, 1.807) is 11.0 Å². The van der Waals surface area contributed by atoms with Crippen LogP contribution >= 0.6 is 0 Å². The smallest absolute Gasteiger partial charge is 0.339 e. The number of carbonyl (C=O) groups excluding carboxylic acids is 1. The molecule has 24 heavy (non-hydrogen) atoms. The molecule has 1 amide bonds. The molecule has 0 radical (unpaired) electrons. The van der Waals surface area contributed by atoms with Crippen LogP contribution in [0.5, 0.6) is 5.75 Å². The Hall–Kier alpha value is -2.41. The van der Waals surface area contributed by atoms with Crippen LogP contribution in [0.1, 0.15) is 19.4 Å². The van der Waals surface area contributed by atoms with Crippen molar-refractivity contribution in [3.05, 3.63) is 53.8 Å². The quantitative estimate of drug-likeness (QED) is 0.800. The van der Waals surface area contributed by atoms with Gasteiger partial charge in [0.1, 0.15) is 4.90 Å². The van der Waals surface area contributed by atoms with Crippen molar-refractivity contribution in [2.45, 2.75) is 31.2 Å². The highest BCUT2D eigenvalue weighted by atomic mass is 32.2. The van der Waals surface area contributed by atoms with Gasteiger partial charge in [-0.05, 0) is 49.2 Å². The van der Waals surface area contributed by atoms with E-state index in [0.29, 0.717) is 12.1 Å². The zero-order valence-electron chi connectivity index (χ0n) is 13.2. The van der Waals surface area contributed by atoms with Crippen LogP contribution in [0.2, 0.25) is 0 Å². The van der Waals surface area contributed by atoms with Crippen molar-refractivity contribution in [1.29, 1.82) is 0 Å². The highest BCUT2D eigenvalue weighted by molar-refractivity contribution is 7.87. The molecule has 0 aromatic heterocycles. The number of nitrogens with zero attached hydrogens (tertiary/aromatic N) is 1. The van der Waals surface area contributed by atoms with E-state index in [1.165, 1.54) is 37.3 Å². The SMILES string of the molecule is CC(=O)N1c2ccc(S(=O)(=O)Oc3ccccc3F)cc2CC1C. The minimum atomic E-state index is -4.16. The van der Waals surface area contributed by atoms with Gasteiger partial charge in [-0.15, -0.1) is 0 Å². The van der Waals surface area contributed by atoms with E-state index in [4.69, 9.17) is 4.18 Å². The summed E-state index contributed by atoms with van der Waals surface area (Å²) in [6.45, 7) is 3.36. The van der Waals surface area contributed by atoms with E-state index in [-0.39, 0.29) is 22.6 Å². The molecule has 3 rings (SSSR count). The lowest BCUT2D eigenvalue weighted by Crippen LogP contribution is -2.33. The summed E-state index contributed by atoms with van der Waals surface area (Å²) < 4.78 is 43.3. The average Bonchev–Trinajstić information content (AvgIpc) is 2.84. The summed E-state index contributed by atoms with van der Waals surface area (Å²) in [6, 6.07) is 9.69. The van der Waals surface area contributed by atoms with Gasteiger partial charge >= 0.3 is 10.1 Å². The summed E-state index contributed by atoms with van der Waals surface area (Å²) >= 11 is 0. The first kappa shape index (κ1) is 16.4. The number of carbonyl (C=O) groups is 1. The molecule has 0 fully saturated rings. The Kier molecular flexibility index (Phi) is 4.04. The fourth-order valence-corrected chi connectivity index (χ4v) is 3.91. The molecule has 5 nitrogen and oxygen atoms in total. The third-order valence-electron chi connectivity index (χ3n) is 3.93. The van der Waals surface area contributed by atoms with Gasteiger partial charge in [0.25, 0.3) is 0 Å². The van der Waals surface area contributed by atoms with Gasteiger partial charge in [-0.25, -0.2) is 4.39 Å². The summed E-state index contributed by atoms with van der Waals surface area (Å²) in [5, 5.41) is 0. The van der Waals surface area contributed by atoms with Gasteiger partial charge in [0.15, 0.2) is 11.6 Å². The molecular formula is C17H16FNO4S. The van der Waals surface area contributed by atoms with Gasteiger partial charge in [-0.2, -0.15) is 8.42 Å². The number of benzene rings is 2.